The van der Waals surface area contributed by atoms with E-state index in [4.69, 9.17) is 6.42 Å². The van der Waals surface area contributed by atoms with Gasteiger partial charge < -0.3 is 0 Å². The third-order valence-electron chi connectivity index (χ3n) is 15.1. The van der Waals surface area contributed by atoms with Crippen LogP contribution in [0, 0.1) is 51.1 Å². The van der Waals surface area contributed by atoms with Gasteiger partial charge >= 0.3 is 47.9 Å². The number of fused-ring (bicyclic) bond motifs is 4. The van der Waals surface area contributed by atoms with E-state index in [-0.39, 0.29) is 11.1 Å². The monoisotopic (exact) mass is 1100 g/mol. The molecule has 0 amide bonds. The number of terminal acetylenes is 1. The molecule has 0 radical (unpaired) electrons. The van der Waals surface area contributed by atoms with Crippen LogP contribution in [-0.2, 0) is 0 Å². The van der Waals surface area contributed by atoms with Crippen molar-refractivity contribution in [2.45, 2.75) is 178 Å². The van der Waals surface area contributed by atoms with E-state index in [0.717, 1.165) is 54.2 Å². The fraction of sp³-hybridized carbons (Fsp3) is 0.519. The zero-order valence-corrected chi connectivity index (χ0v) is 44.7. The molecular formula is C54H58F18Si2. The van der Waals surface area contributed by atoms with Gasteiger partial charge in [-0.05, 0) is 164 Å². The molecular weight excluding hydrogens is 1050 g/mol. The van der Waals surface area contributed by atoms with Crippen LogP contribution in [0.5, 0.6) is 0 Å². The third-order valence-corrected chi connectivity index (χ3v) is 26.6. The SMILES string of the molecule is C#C[Si](CCC(F)(F)C(F)(F)C(F)(F)C(F)(F)F)(C(C)C)C(C)C.Cc1cc2cc3cc4cc5cc(C)c(C)c(C#C[Si](CCC(F)(F)C(F)(F)C(F)(F)C(F)(F)F)(C(C)C)C(C)C)c5cc4cc3cc2cc1C. The van der Waals surface area contributed by atoms with E-state index in [0.29, 0.717) is 5.56 Å². The Hall–Kier alpha value is -4.57. The third kappa shape index (κ3) is 11.0. The van der Waals surface area contributed by atoms with Crippen LogP contribution in [0.25, 0.3) is 43.1 Å². The lowest BCUT2D eigenvalue weighted by molar-refractivity contribution is -0.396. The normalized spacial score (nSPS) is 14.1. The summed E-state index contributed by atoms with van der Waals surface area (Å²) in [4.78, 5) is 0. The van der Waals surface area contributed by atoms with E-state index in [2.05, 4.69) is 73.3 Å². The molecule has 0 aliphatic heterocycles. The molecule has 0 saturated carbocycles. The maximum absolute atomic E-state index is 14.8. The lowest BCUT2D eigenvalue weighted by Gasteiger charge is -2.38. The molecule has 74 heavy (non-hydrogen) atoms. The molecule has 0 aromatic heterocycles. The zero-order valence-electron chi connectivity index (χ0n) is 42.7. The van der Waals surface area contributed by atoms with Gasteiger partial charge in [0.15, 0.2) is 0 Å². The summed E-state index contributed by atoms with van der Waals surface area (Å²) in [5, 5.41) is 8.03. The minimum absolute atomic E-state index is 0.338. The van der Waals surface area contributed by atoms with Crippen LogP contribution in [0.15, 0.2) is 54.6 Å². The zero-order chi connectivity index (χ0) is 57.1. The maximum Gasteiger partial charge on any atom is 0.460 e. The second-order valence-electron chi connectivity index (χ2n) is 20.7. The standard InChI is InChI=1S/C40H39F9Si.C14H19F9Si/c1-22(2)50(23(3)4,12-10-37(41,42)38(43,44)39(45,46)40(47,48)49)11-9-35-27(8)26(7)15-34-20-32-18-30-16-28-13-24(5)25(6)14-29(28)17-31(30)19-33(32)21-36(34)35;1-6-24(9(2)3,10(4)5)8-7-11(15,16)12(17,18)13(19,20)14(21,22)23/h13-23H,10,12H2,1-8H3;1,9-10H,7-8H2,2-5H3. The van der Waals surface area contributed by atoms with Crippen LogP contribution < -0.4 is 0 Å². The Morgan fingerprint density at radius 2 is 0.703 bits per heavy atom. The molecule has 408 valence electrons. The summed E-state index contributed by atoms with van der Waals surface area (Å²) in [6, 6.07) is 17.6. The number of aryl methyl sites for hydroxylation is 3. The molecule has 5 aromatic rings. The quantitative estimate of drug-likeness (QED) is 0.0450. The highest BCUT2D eigenvalue weighted by molar-refractivity contribution is 6.90. The van der Waals surface area contributed by atoms with Gasteiger partial charge in [-0.1, -0.05) is 79.5 Å². The first-order valence-corrected chi connectivity index (χ1v) is 28.3. The Morgan fingerprint density at radius 1 is 0.405 bits per heavy atom. The first kappa shape index (κ1) is 62.0. The number of benzene rings is 5. The highest BCUT2D eigenvalue weighted by Gasteiger charge is 2.82. The number of rotatable bonds is 14. The summed E-state index contributed by atoms with van der Waals surface area (Å²) >= 11 is 0. The first-order valence-electron chi connectivity index (χ1n) is 23.6. The van der Waals surface area contributed by atoms with Crippen molar-refractivity contribution in [3.05, 3.63) is 82.4 Å². The van der Waals surface area contributed by atoms with Gasteiger partial charge in [-0.25, -0.2) is 0 Å². The van der Waals surface area contributed by atoms with Crippen LogP contribution in [0.1, 0.15) is 96.0 Å². The van der Waals surface area contributed by atoms with E-state index in [1.807, 2.05) is 26.0 Å². The fourth-order valence-electron chi connectivity index (χ4n) is 9.62. The van der Waals surface area contributed by atoms with Crippen molar-refractivity contribution in [1.29, 1.82) is 0 Å². The minimum Gasteiger partial charge on any atom is -0.200 e. The fourth-order valence-corrected chi connectivity index (χ4v) is 17.9. The van der Waals surface area contributed by atoms with Crippen molar-refractivity contribution in [2.24, 2.45) is 0 Å². The highest BCUT2D eigenvalue weighted by atomic mass is 28.3. The first-order chi connectivity index (χ1) is 33.3. The van der Waals surface area contributed by atoms with Crippen LogP contribution in [0.2, 0.25) is 34.3 Å². The van der Waals surface area contributed by atoms with Gasteiger partial charge in [-0.15, -0.1) is 17.5 Å². The highest BCUT2D eigenvalue weighted by Crippen LogP contribution is 2.57. The lowest BCUT2D eigenvalue weighted by Crippen LogP contribution is -2.61. The van der Waals surface area contributed by atoms with Crippen molar-refractivity contribution >= 4 is 59.2 Å². The maximum atomic E-state index is 14.8. The largest absolute Gasteiger partial charge is 0.460 e. The van der Waals surface area contributed by atoms with Crippen LogP contribution in [0.3, 0.4) is 0 Å². The van der Waals surface area contributed by atoms with Gasteiger partial charge in [0.2, 0.25) is 0 Å². The number of halogens is 18. The van der Waals surface area contributed by atoms with Gasteiger partial charge in [0, 0.05) is 18.4 Å². The van der Waals surface area contributed by atoms with Crippen molar-refractivity contribution in [3.8, 4) is 23.4 Å². The number of alkyl halides is 18. The smallest absolute Gasteiger partial charge is 0.200 e. The average Bonchev–Trinajstić information content (AvgIpc) is 3.25. The molecule has 0 N–H and O–H groups in total. The van der Waals surface area contributed by atoms with E-state index in [1.54, 1.807) is 55.4 Å². The molecule has 5 rings (SSSR count). The topological polar surface area (TPSA) is 0 Å². The summed E-state index contributed by atoms with van der Waals surface area (Å²) in [5.74, 6) is -34.9. The molecule has 0 nitrogen and oxygen atoms in total. The summed E-state index contributed by atoms with van der Waals surface area (Å²) < 4.78 is 240. The van der Waals surface area contributed by atoms with E-state index >= 15 is 0 Å². The molecule has 0 aliphatic carbocycles. The molecule has 5 aromatic carbocycles. The van der Waals surface area contributed by atoms with Crippen LogP contribution in [0.4, 0.5) is 79.0 Å². The summed E-state index contributed by atoms with van der Waals surface area (Å²) in [6.45, 7) is 21.1. The predicted molar refractivity (Wildman–Crippen MR) is 264 cm³/mol. The number of hydrogen-bond donors (Lipinski definition) is 0. The van der Waals surface area contributed by atoms with Crippen molar-refractivity contribution in [3.63, 3.8) is 0 Å². The average molecular weight is 1110 g/mol. The van der Waals surface area contributed by atoms with Gasteiger partial charge in [-0.3, -0.25) is 0 Å². The predicted octanol–water partition coefficient (Wildman–Crippen LogP) is 19.8. The van der Waals surface area contributed by atoms with E-state index < -0.39 is 100 Å². The Morgan fingerprint density at radius 3 is 1.03 bits per heavy atom. The van der Waals surface area contributed by atoms with Gasteiger partial charge in [0.1, 0.15) is 16.1 Å². The van der Waals surface area contributed by atoms with E-state index in [1.165, 1.54) is 11.1 Å². The summed E-state index contributed by atoms with van der Waals surface area (Å²) in [5.41, 5.74) is 8.85. The molecule has 0 aliphatic rings. The molecule has 0 saturated heterocycles. The molecule has 0 fully saturated rings. The Kier molecular flexibility index (Phi) is 17.4. The lowest BCUT2D eigenvalue weighted by atomic mass is 9.92. The Labute approximate surface area is 421 Å². The van der Waals surface area contributed by atoms with Crippen LogP contribution >= 0.6 is 0 Å². The summed E-state index contributed by atoms with van der Waals surface area (Å²) in [6.07, 6.45) is -12.0. The Balaban J connectivity index is 0.000000417. The second kappa shape index (κ2) is 20.8. The minimum atomic E-state index is -6.91. The Bertz CT molecular complexity index is 2960. The molecule has 0 unspecified atom stereocenters. The van der Waals surface area contributed by atoms with Crippen LogP contribution in [-0.4, -0.2) is 64.0 Å². The van der Waals surface area contributed by atoms with Crippen molar-refractivity contribution < 1.29 is 79.0 Å². The van der Waals surface area contributed by atoms with Gasteiger partial charge in [-0.2, -0.15) is 79.0 Å². The molecule has 0 heterocycles. The molecule has 0 bridgehead atoms. The van der Waals surface area contributed by atoms with Crippen molar-refractivity contribution in [2.75, 3.05) is 0 Å². The number of hydrogen-bond acceptors (Lipinski definition) is 0. The summed E-state index contributed by atoms with van der Waals surface area (Å²) in [7, 11) is -6.41. The van der Waals surface area contributed by atoms with E-state index in [9.17, 15) is 79.0 Å². The molecule has 20 heteroatoms. The second-order valence-corrected chi connectivity index (χ2v) is 31.1. The van der Waals surface area contributed by atoms with Gasteiger partial charge in [0.05, 0.1) is 0 Å². The van der Waals surface area contributed by atoms with Gasteiger partial charge in [0.25, 0.3) is 0 Å². The molecule has 0 atom stereocenters. The molecule has 0 spiro atoms. The van der Waals surface area contributed by atoms with Crippen molar-refractivity contribution in [1.82, 2.24) is 0 Å².